The smallest absolute Gasteiger partial charge is 0.295 e. The number of fused-ring (bicyclic) bond motifs is 1. The van der Waals surface area contributed by atoms with E-state index in [1.165, 1.54) is 0 Å². The first-order valence-electron chi connectivity index (χ1n) is 4.22. The molecule has 3 nitrogen and oxygen atoms in total. The molecule has 0 aliphatic carbocycles. The zero-order chi connectivity index (χ0) is 10.3. The monoisotopic (exact) mass is 252 g/mol. The van der Waals surface area contributed by atoms with Gasteiger partial charge in [-0.1, -0.05) is 15.9 Å². The summed E-state index contributed by atoms with van der Waals surface area (Å²) in [5, 5.41) is 1.00. The van der Waals surface area contributed by atoms with E-state index in [4.69, 9.17) is 0 Å². The second-order valence-electron chi connectivity index (χ2n) is 3.20. The van der Waals surface area contributed by atoms with E-state index in [1.807, 2.05) is 25.1 Å². The molecule has 2 rings (SSSR count). The van der Waals surface area contributed by atoms with Crippen LogP contribution in [-0.2, 0) is 7.05 Å². The fourth-order valence-corrected chi connectivity index (χ4v) is 1.83. The van der Waals surface area contributed by atoms with Gasteiger partial charge in [0.1, 0.15) is 0 Å². The molecule has 0 saturated carbocycles. The Morgan fingerprint density at radius 1 is 1.43 bits per heavy atom. The topological polar surface area (TPSA) is 34.9 Å². The van der Waals surface area contributed by atoms with Gasteiger partial charge in [-0.15, -0.1) is 0 Å². The van der Waals surface area contributed by atoms with Crippen LogP contribution in [0.3, 0.4) is 0 Å². The van der Waals surface area contributed by atoms with Crippen molar-refractivity contribution < 1.29 is 0 Å². The number of aromatic nitrogens is 2. The number of halogens is 1. The molecule has 0 bridgehead atoms. The quantitative estimate of drug-likeness (QED) is 0.719. The second kappa shape index (κ2) is 3.20. The van der Waals surface area contributed by atoms with Gasteiger partial charge in [-0.25, -0.2) is 4.79 Å². The van der Waals surface area contributed by atoms with Crippen LogP contribution < -0.4 is 5.69 Å². The van der Waals surface area contributed by atoms with Crippen molar-refractivity contribution in [3.8, 4) is 0 Å². The summed E-state index contributed by atoms with van der Waals surface area (Å²) in [6, 6.07) is 5.80. The molecule has 0 atom stereocenters. The Balaban J connectivity index is 3.02. The van der Waals surface area contributed by atoms with Crippen LogP contribution in [0.15, 0.2) is 27.5 Å². The van der Waals surface area contributed by atoms with Gasteiger partial charge in [0.15, 0.2) is 0 Å². The molecular weight excluding hydrogens is 244 g/mol. The second-order valence-corrected chi connectivity index (χ2v) is 4.12. The first kappa shape index (κ1) is 9.40. The van der Waals surface area contributed by atoms with Crippen molar-refractivity contribution in [2.24, 2.45) is 7.05 Å². The van der Waals surface area contributed by atoms with Crippen LogP contribution in [-0.4, -0.2) is 9.55 Å². The lowest BCUT2D eigenvalue weighted by Crippen LogP contribution is -2.21. The van der Waals surface area contributed by atoms with Gasteiger partial charge in [-0.3, -0.25) is 4.57 Å². The van der Waals surface area contributed by atoms with E-state index in [-0.39, 0.29) is 5.69 Å². The Morgan fingerprint density at radius 3 is 2.86 bits per heavy atom. The Bertz CT molecular complexity index is 560. The molecule has 0 radical (unpaired) electrons. The molecular formula is C10H9BrN2O. The molecule has 1 aromatic heterocycles. The van der Waals surface area contributed by atoms with E-state index < -0.39 is 0 Å². The standard InChI is InChI=1S/C10H9BrN2O/c1-6-8-5-7(11)3-4-9(8)13(2)10(14)12-6/h3-5H,1-2H3. The largest absolute Gasteiger partial charge is 0.348 e. The number of aryl methyl sites for hydroxylation is 2. The highest BCUT2D eigenvalue weighted by Gasteiger charge is 2.04. The SMILES string of the molecule is Cc1nc(=O)n(C)c2ccc(Br)cc12. The molecule has 14 heavy (non-hydrogen) atoms. The Labute approximate surface area is 89.5 Å². The third-order valence-electron chi connectivity index (χ3n) is 2.26. The first-order chi connectivity index (χ1) is 6.59. The average Bonchev–Trinajstić information content (AvgIpc) is 2.14. The summed E-state index contributed by atoms with van der Waals surface area (Å²) in [4.78, 5) is 15.3. The fraction of sp³-hybridized carbons (Fsp3) is 0.200. The van der Waals surface area contributed by atoms with Crippen LogP contribution in [0, 0.1) is 6.92 Å². The van der Waals surface area contributed by atoms with Crippen molar-refractivity contribution in [1.29, 1.82) is 0 Å². The lowest BCUT2D eigenvalue weighted by molar-refractivity contribution is 0.842. The third-order valence-corrected chi connectivity index (χ3v) is 2.75. The van der Waals surface area contributed by atoms with Crippen LogP contribution >= 0.6 is 15.9 Å². The molecule has 0 spiro atoms. The average molecular weight is 253 g/mol. The molecule has 0 saturated heterocycles. The Hall–Kier alpha value is -1.16. The van der Waals surface area contributed by atoms with Gasteiger partial charge in [0.25, 0.3) is 0 Å². The van der Waals surface area contributed by atoms with E-state index in [9.17, 15) is 4.79 Å². The predicted molar refractivity (Wildman–Crippen MR) is 59.4 cm³/mol. The minimum atomic E-state index is -0.211. The molecule has 0 unspecified atom stereocenters. The van der Waals surface area contributed by atoms with Gasteiger partial charge >= 0.3 is 5.69 Å². The van der Waals surface area contributed by atoms with Crippen LogP contribution in [0.1, 0.15) is 5.69 Å². The van der Waals surface area contributed by atoms with Crippen molar-refractivity contribution in [1.82, 2.24) is 9.55 Å². The third kappa shape index (κ3) is 1.35. The highest BCUT2D eigenvalue weighted by Crippen LogP contribution is 2.19. The van der Waals surface area contributed by atoms with Gasteiger partial charge in [0.05, 0.1) is 11.2 Å². The predicted octanol–water partition coefficient (Wildman–Crippen LogP) is 2.00. The maximum absolute atomic E-state index is 11.4. The molecule has 72 valence electrons. The molecule has 4 heteroatoms. The maximum Gasteiger partial charge on any atom is 0.348 e. The van der Waals surface area contributed by atoms with E-state index >= 15 is 0 Å². The van der Waals surface area contributed by atoms with Crippen LogP contribution in [0.25, 0.3) is 10.9 Å². The van der Waals surface area contributed by atoms with E-state index in [1.54, 1.807) is 11.6 Å². The van der Waals surface area contributed by atoms with Crippen molar-refractivity contribution >= 4 is 26.8 Å². The summed E-state index contributed by atoms with van der Waals surface area (Å²) in [5.41, 5.74) is 1.47. The van der Waals surface area contributed by atoms with Gasteiger partial charge in [0, 0.05) is 16.9 Å². The van der Waals surface area contributed by atoms with E-state index in [2.05, 4.69) is 20.9 Å². The zero-order valence-corrected chi connectivity index (χ0v) is 9.50. The number of rotatable bonds is 0. The zero-order valence-electron chi connectivity index (χ0n) is 7.91. The highest BCUT2D eigenvalue weighted by atomic mass is 79.9. The molecule has 0 aliphatic rings. The molecule has 1 heterocycles. The molecule has 0 N–H and O–H groups in total. The molecule has 2 aromatic rings. The van der Waals surface area contributed by atoms with Crippen LogP contribution in [0.5, 0.6) is 0 Å². The van der Waals surface area contributed by atoms with E-state index in [0.717, 1.165) is 21.1 Å². The number of benzene rings is 1. The van der Waals surface area contributed by atoms with Gasteiger partial charge in [-0.2, -0.15) is 4.98 Å². The maximum atomic E-state index is 11.4. The summed E-state index contributed by atoms with van der Waals surface area (Å²) in [7, 11) is 1.73. The fourth-order valence-electron chi connectivity index (χ4n) is 1.47. The van der Waals surface area contributed by atoms with Crippen molar-refractivity contribution in [2.45, 2.75) is 6.92 Å². The lowest BCUT2D eigenvalue weighted by atomic mass is 10.2. The van der Waals surface area contributed by atoms with Crippen molar-refractivity contribution in [3.63, 3.8) is 0 Å². The van der Waals surface area contributed by atoms with Crippen LogP contribution in [0.2, 0.25) is 0 Å². The summed E-state index contributed by atoms with van der Waals surface area (Å²) in [6.07, 6.45) is 0. The highest BCUT2D eigenvalue weighted by molar-refractivity contribution is 9.10. The Morgan fingerprint density at radius 2 is 2.14 bits per heavy atom. The molecule has 0 aliphatic heterocycles. The first-order valence-corrected chi connectivity index (χ1v) is 5.02. The summed E-state index contributed by atoms with van der Waals surface area (Å²) in [5.74, 6) is 0. The molecule has 0 amide bonds. The van der Waals surface area contributed by atoms with Crippen molar-refractivity contribution in [2.75, 3.05) is 0 Å². The van der Waals surface area contributed by atoms with E-state index in [0.29, 0.717) is 0 Å². The normalized spacial score (nSPS) is 10.8. The summed E-state index contributed by atoms with van der Waals surface area (Å²) < 4.78 is 2.54. The van der Waals surface area contributed by atoms with Gasteiger partial charge < -0.3 is 0 Å². The summed E-state index contributed by atoms with van der Waals surface area (Å²) >= 11 is 3.39. The molecule has 1 aromatic carbocycles. The molecule has 0 fully saturated rings. The number of nitrogens with zero attached hydrogens (tertiary/aromatic N) is 2. The van der Waals surface area contributed by atoms with Gasteiger partial charge in [-0.05, 0) is 25.1 Å². The Kier molecular flexibility index (Phi) is 2.15. The minimum Gasteiger partial charge on any atom is -0.295 e. The summed E-state index contributed by atoms with van der Waals surface area (Å²) in [6.45, 7) is 1.84. The number of hydrogen-bond acceptors (Lipinski definition) is 2. The van der Waals surface area contributed by atoms with Gasteiger partial charge in [0.2, 0.25) is 0 Å². The lowest BCUT2D eigenvalue weighted by Gasteiger charge is -2.06. The van der Waals surface area contributed by atoms with Crippen molar-refractivity contribution in [3.05, 3.63) is 38.9 Å². The van der Waals surface area contributed by atoms with Crippen LogP contribution in [0.4, 0.5) is 0 Å². The minimum absolute atomic E-state index is 0.211. The number of hydrogen-bond donors (Lipinski definition) is 0.